The molecular formula is C25H27FN8O2S. The van der Waals surface area contributed by atoms with E-state index in [0.29, 0.717) is 40.2 Å². The lowest BCUT2D eigenvalue weighted by Gasteiger charge is -2.32. The van der Waals surface area contributed by atoms with Gasteiger partial charge in [0.15, 0.2) is 5.65 Å². The van der Waals surface area contributed by atoms with Crippen molar-refractivity contribution in [2.45, 2.75) is 43.8 Å². The Morgan fingerprint density at radius 2 is 1.97 bits per heavy atom. The van der Waals surface area contributed by atoms with Gasteiger partial charge in [0.05, 0.1) is 17.8 Å². The van der Waals surface area contributed by atoms with Gasteiger partial charge in [0.25, 0.3) is 0 Å². The van der Waals surface area contributed by atoms with E-state index in [1.807, 2.05) is 18.5 Å². The van der Waals surface area contributed by atoms with E-state index < -0.39 is 15.8 Å². The minimum absolute atomic E-state index is 0.000396. The molecule has 2 aliphatic rings. The second-order valence-corrected chi connectivity index (χ2v) is 11.7. The Hall–Kier alpha value is -3.32. The van der Waals surface area contributed by atoms with Crippen molar-refractivity contribution in [1.82, 2.24) is 40.5 Å². The van der Waals surface area contributed by atoms with Crippen LogP contribution in [0.1, 0.15) is 48.2 Å². The molecular weight excluding hydrogens is 495 g/mol. The second-order valence-electron chi connectivity index (χ2n) is 9.84. The van der Waals surface area contributed by atoms with E-state index in [-0.39, 0.29) is 12.6 Å². The van der Waals surface area contributed by atoms with Crippen LogP contribution in [0.3, 0.4) is 0 Å². The van der Waals surface area contributed by atoms with Crippen molar-refractivity contribution in [3.05, 3.63) is 72.0 Å². The molecule has 12 heteroatoms. The molecule has 0 bridgehead atoms. The Labute approximate surface area is 213 Å². The Balaban J connectivity index is 1.31. The lowest BCUT2D eigenvalue weighted by molar-refractivity contribution is 0.274. The smallest absolute Gasteiger partial charge is 0.209 e. The van der Waals surface area contributed by atoms with Crippen molar-refractivity contribution in [3.8, 4) is 11.1 Å². The number of hydrogen-bond acceptors (Lipinski definition) is 8. The molecule has 4 atom stereocenters. The van der Waals surface area contributed by atoms with Crippen LogP contribution < -0.4 is 15.6 Å². The molecule has 192 valence electrons. The molecule has 4 unspecified atom stereocenters. The molecule has 1 aliphatic carbocycles. The minimum atomic E-state index is -3.40. The van der Waals surface area contributed by atoms with Gasteiger partial charge in [-0.2, -0.15) is 0 Å². The monoisotopic (exact) mass is 522 g/mol. The van der Waals surface area contributed by atoms with E-state index in [1.165, 1.54) is 12.1 Å². The van der Waals surface area contributed by atoms with Crippen molar-refractivity contribution in [2.24, 2.45) is 5.92 Å². The molecule has 4 heterocycles. The van der Waals surface area contributed by atoms with E-state index in [1.54, 1.807) is 18.6 Å². The number of sulfonamides is 1. The number of hydrogen-bond donors (Lipinski definition) is 4. The van der Waals surface area contributed by atoms with E-state index in [9.17, 15) is 12.8 Å². The third-order valence-electron chi connectivity index (χ3n) is 7.32. The maximum atomic E-state index is 14.5. The van der Waals surface area contributed by atoms with Crippen molar-refractivity contribution < 1.29 is 12.8 Å². The SMILES string of the molecule is CS(=O)(=O)NCc1cc(F)cc(-c2ccnc3nc(C4NNC5CCC(c6cncnc6)CC54)[nH]c23)c1. The number of aromatic nitrogens is 5. The van der Waals surface area contributed by atoms with Gasteiger partial charge < -0.3 is 4.98 Å². The first-order valence-electron chi connectivity index (χ1n) is 12.2. The zero-order valence-electron chi connectivity index (χ0n) is 20.1. The zero-order chi connectivity index (χ0) is 25.6. The normalized spacial score (nSPS) is 23.8. The Morgan fingerprint density at radius 3 is 2.78 bits per heavy atom. The topological polar surface area (TPSA) is 138 Å². The van der Waals surface area contributed by atoms with E-state index in [2.05, 4.69) is 35.5 Å². The van der Waals surface area contributed by atoms with Crippen LogP contribution in [0.15, 0.2) is 49.2 Å². The van der Waals surface area contributed by atoms with Crippen LogP contribution >= 0.6 is 0 Å². The highest BCUT2D eigenvalue weighted by Gasteiger charge is 2.42. The number of nitrogens with one attached hydrogen (secondary N) is 4. The molecule has 1 saturated carbocycles. The first kappa shape index (κ1) is 24.0. The molecule has 4 aromatic rings. The number of H-pyrrole nitrogens is 1. The molecule has 0 radical (unpaired) electrons. The largest absolute Gasteiger partial charge is 0.339 e. The molecule has 37 heavy (non-hydrogen) atoms. The van der Waals surface area contributed by atoms with Crippen molar-refractivity contribution in [1.29, 1.82) is 0 Å². The summed E-state index contributed by atoms with van der Waals surface area (Å²) in [4.78, 5) is 21.1. The lowest BCUT2D eigenvalue weighted by Crippen LogP contribution is -2.34. The van der Waals surface area contributed by atoms with Crippen LogP contribution in [0.5, 0.6) is 0 Å². The summed E-state index contributed by atoms with van der Waals surface area (Å²) in [5.41, 5.74) is 11.2. The van der Waals surface area contributed by atoms with E-state index >= 15 is 0 Å². The van der Waals surface area contributed by atoms with Crippen LogP contribution in [0.25, 0.3) is 22.3 Å². The number of fused-ring (bicyclic) bond motifs is 2. The quantitative estimate of drug-likeness (QED) is 0.303. The van der Waals surface area contributed by atoms with Gasteiger partial charge in [-0.1, -0.05) is 0 Å². The molecule has 0 spiro atoms. The van der Waals surface area contributed by atoms with Crippen LogP contribution in [-0.2, 0) is 16.6 Å². The van der Waals surface area contributed by atoms with Crippen LogP contribution in [-0.4, -0.2) is 45.6 Å². The van der Waals surface area contributed by atoms with Gasteiger partial charge in [-0.05, 0) is 72.1 Å². The third-order valence-corrected chi connectivity index (χ3v) is 7.98. The molecule has 10 nitrogen and oxygen atoms in total. The summed E-state index contributed by atoms with van der Waals surface area (Å²) >= 11 is 0. The van der Waals surface area contributed by atoms with Crippen LogP contribution in [0.4, 0.5) is 4.39 Å². The van der Waals surface area contributed by atoms with Gasteiger partial charge in [0, 0.05) is 36.7 Å². The average Bonchev–Trinajstić information content (AvgIpc) is 3.51. The van der Waals surface area contributed by atoms with Gasteiger partial charge >= 0.3 is 0 Å². The fourth-order valence-corrected chi connectivity index (χ4v) is 6.02. The second kappa shape index (κ2) is 9.53. The zero-order valence-corrected chi connectivity index (χ0v) is 21.0. The Morgan fingerprint density at radius 1 is 1.14 bits per heavy atom. The molecule has 6 rings (SSSR count). The van der Waals surface area contributed by atoms with Crippen LogP contribution in [0.2, 0.25) is 0 Å². The highest BCUT2D eigenvalue weighted by atomic mass is 32.2. The lowest BCUT2D eigenvalue weighted by atomic mass is 9.74. The standard InChI is InChI=1S/C25H27FN8O2S/c1-37(35,36)30-10-14-6-16(8-18(26)7-14)19-4-5-29-24-22(19)31-25(32-24)23-20-9-15(2-3-21(20)33-34-23)17-11-27-13-28-12-17/h4-8,11-13,15,20-21,23,30,33-34H,2-3,9-10H2,1H3,(H,29,31,32). The van der Waals surface area contributed by atoms with Gasteiger partial charge in [-0.25, -0.2) is 42.9 Å². The average molecular weight is 523 g/mol. The fourth-order valence-electron chi connectivity index (χ4n) is 5.59. The Bertz CT molecular complexity index is 1550. The fraction of sp³-hybridized carbons (Fsp3) is 0.360. The van der Waals surface area contributed by atoms with Gasteiger partial charge in [-0.15, -0.1) is 0 Å². The first-order chi connectivity index (χ1) is 17.8. The molecule has 4 N–H and O–H groups in total. The maximum absolute atomic E-state index is 14.5. The Kier molecular flexibility index (Phi) is 6.19. The summed E-state index contributed by atoms with van der Waals surface area (Å²) in [5, 5.41) is 0. The summed E-state index contributed by atoms with van der Waals surface area (Å²) in [6, 6.07) is 6.63. The number of halogens is 1. The molecule has 1 saturated heterocycles. The summed E-state index contributed by atoms with van der Waals surface area (Å²) in [6.45, 7) is 0.000396. The van der Waals surface area contributed by atoms with E-state index in [0.717, 1.165) is 42.5 Å². The van der Waals surface area contributed by atoms with E-state index in [4.69, 9.17) is 4.98 Å². The van der Waals surface area contributed by atoms with Gasteiger partial charge in [0.2, 0.25) is 10.0 Å². The summed E-state index contributed by atoms with van der Waals surface area (Å²) in [5.74, 6) is 1.02. The van der Waals surface area contributed by atoms with Gasteiger partial charge in [-0.3, -0.25) is 5.43 Å². The predicted octanol–water partition coefficient (Wildman–Crippen LogP) is 2.70. The number of benzene rings is 1. The predicted molar refractivity (Wildman–Crippen MR) is 136 cm³/mol. The summed E-state index contributed by atoms with van der Waals surface area (Å²) in [6.07, 6.45) is 11.2. The highest BCUT2D eigenvalue weighted by molar-refractivity contribution is 7.88. The number of pyridine rings is 1. The summed E-state index contributed by atoms with van der Waals surface area (Å²) < 4.78 is 39.9. The van der Waals surface area contributed by atoms with Gasteiger partial charge in [0.1, 0.15) is 18.0 Å². The van der Waals surface area contributed by atoms with Crippen LogP contribution in [0, 0.1) is 11.7 Å². The highest BCUT2D eigenvalue weighted by Crippen LogP contribution is 2.43. The maximum Gasteiger partial charge on any atom is 0.209 e. The third kappa shape index (κ3) is 4.97. The summed E-state index contributed by atoms with van der Waals surface area (Å²) in [7, 11) is -3.40. The van der Waals surface area contributed by atoms with Crippen molar-refractivity contribution in [3.63, 3.8) is 0 Å². The number of nitrogens with zero attached hydrogens (tertiary/aromatic N) is 4. The molecule has 1 aliphatic heterocycles. The molecule has 2 fully saturated rings. The number of imidazole rings is 1. The van der Waals surface area contributed by atoms with Crippen molar-refractivity contribution >= 4 is 21.2 Å². The number of rotatable bonds is 6. The minimum Gasteiger partial charge on any atom is -0.339 e. The number of aromatic amines is 1. The molecule has 1 aromatic carbocycles. The number of hydrazine groups is 1. The van der Waals surface area contributed by atoms with Crippen molar-refractivity contribution in [2.75, 3.05) is 6.26 Å². The molecule has 0 amide bonds. The molecule has 3 aromatic heterocycles. The first-order valence-corrected chi connectivity index (χ1v) is 14.1.